The van der Waals surface area contributed by atoms with E-state index in [1.54, 1.807) is 7.11 Å². The Bertz CT molecular complexity index is 418. The first-order valence-electron chi connectivity index (χ1n) is 5.64. The van der Waals surface area contributed by atoms with E-state index in [1.807, 2.05) is 0 Å². The van der Waals surface area contributed by atoms with E-state index in [9.17, 15) is 0 Å². The summed E-state index contributed by atoms with van der Waals surface area (Å²) in [6.07, 6.45) is 4.15. The zero-order valence-corrected chi connectivity index (χ0v) is 9.58. The summed E-state index contributed by atoms with van der Waals surface area (Å²) in [6, 6.07) is 0. The Balaban J connectivity index is 1.94. The molecule has 0 aromatic carbocycles. The van der Waals surface area contributed by atoms with Crippen molar-refractivity contribution in [3.05, 3.63) is 6.33 Å². The van der Waals surface area contributed by atoms with E-state index in [0.29, 0.717) is 5.88 Å². The van der Waals surface area contributed by atoms with Gasteiger partial charge in [0.1, 0.15) is 12.0 Å². The van der Waals surface area contributed by atoms with Gasteiger partial charge >= 0.3 is 0 Å². The van der Waals surface area contributed by atoms with E-state index in [1.165, 1.54) is 19.2 Å². The standard InChI is InChI=1S/C11H16N4O/c1-11(7-3-4-7)5-12-8-9(15-11)13-6-14-10(8)16-2/h6-7,12H,3-5H2,1-2H3,(H,13,14,15). The zero-order valence-electron chi connectivity index (χ0n) is 9.58. The molecule has 1 fully saturated rings. The predicted molar refractivity (Wildman–Crippen MR) is 61.8 cm³/mol. The lowest BCUT2D eigenvalue weighted by molar-refractivity contribution is 0.394. The van der Waals surface area contributed by atoms with Crippen molar-refractivity contribution in [2.45, 2.75) is 25.3 Å². The van der Waals surface area contributed by atoms with E-state index >= 15 is 0 Å². The Morgan fingerprint density at radius 1 is 1.44 bits per heavy atom. The van der Waals surface area contributed by atoms with Crippen molar-refractivity contribution >= 4 is 11.5 Å². The first-order valence-corrected chi connectivity index (χ1v) is 5.64. The highest BCUT2D eigenvalue weighted by Gasteiger charge is 2.44. The van der Waals surface area contributed by atoms with Crippen molar-refractivity contribution in [2.24, 2.45) is 5.92 Å². The van der Waals surface area contributed by atoms with Crippen molar-refractivity contribution in [2.75, 3.05) is 24.3 Å². The molecule has 2 N–H and O–H groups in total. The number of aromatic nitrogens is 2. The zero-order chi connectivity index (χ0) is 11.2. The Kier molecular flexibility index (Phi) is 1.96. The van der Waals surface area contributed by atoms with Gasteiger partial charge in [-0.15, -0.1) is 0 Å². The van der Waals surface area contributed by atoms with Crippen LogP contribution in [0.5, 0.6) is 5.88 Å². The molecule has 1 unspecified atom stereocenters. The maximum atomic E-state index is 5.20. The number of anilines is 2. The van der Waals surface area contributed by atoms with Crippen LogP contribution in [-0.4, -0.2) is 29.2 Å². The summed E-state index contributed by atoms with van der Waals surface area (Å²) < 4.78 is 5.20. The van der Waals surface area contributed by atoms with E-state index < -0.39 is 0 Å². The van der Waals surface area contributed by atoms with Crippen LogP contribution in [0.3, 0.4) is 0 Å². The molecular weight excluding hydrogens is 204 g/mol. The highest BCUT2D eigenvalue weighted by Crippen LogP contribution is 2.45. The Hall–Kier alpha value is -1.52. The first kappa shape index (κ1) is 9.69. The second-order valence-corrected chi connectivity index (χ2v) is 4.78. The summed E-state index contributed by atoms with van der Waals surface area (Å²) in [7, 11) is 1.62. The van der Waals surface area contributed by atoms with Crippen molar-refractivity contribution in [1.29, 1.82) is 0 Å². The number of hydrogen-bond acceptors (Lipinski definition) is 5. The summed E-state index contributed by atoms with van der Waals surface area (Å²) in [5, 5.41) is 6.90. The summed E-state index contributed by atoms with van der Waals surface area (Å²) in [6.45, 7) is 3.14. The molecule has 0 spiro atoms. The number of methoxy groups -OCH3 is 1. The lowest BCUT2D eigenvalue weighted by atomic mass is 9.94. The monoisotopic (exact) mass is 220 g/mol. The molecule has 86 valence electrons. The Morgan fingerprint density at radius 3 is 2.94 bits per heavy atom. The SMILES string of the molecule is COc1ncnc2c1NCC(C)(C1CC1)N2. The van der Waals surface area contributed by atoms with Gasteiger partial charge in [0, 0.05) is 6.54 Å². The molecule has 1 aliphatic heterocycles. The van der Waals surface area contributed by atoms with Crippen LogP contribution in [0.25, 0.3) is 0 Å². The van der Waals surface area contributed by atoms with Gasteiger partial charge in [0.25, 0.3) is 0 Å². The van der Waals surface area contributed by atoms with Gasteiger partial charge in [0.15, 0.2) is 5.82 Å². The molecule has 1 aromatic rings. The minimum absolute atomic E-state index is 0.117. The third kappa shape index (κ3) is 1.38. The Morgan fingerprint density at radius 2 is 2.25 bits per heavy atom. The molecule has 0 amide bonds. The van der Waals surface area contributed by atoms with E-state index in [4.69, 9.17) is 4.74 Å². The molecule has 2 aliphatic rings. The highest BCUT2D eigenvalue weighted by molar-refractivity contribution is 5.73. The lowest BCUT2D eigenvalue weighted by Gasteiger charge is -2.37. The molecule has 0 radical (unpaired) electrons. The fraction of sp³-hybridized carbons (Fsp3) is 0.636. The van der Waals surface area contributed by atoms with Crippen LogP contribution in [0.15, 0.2) is 6.33 Å². The van der Waals surface area contributed by atoms with Crippen LogP contribution in [0.1, 0.15) is 19.8 Å². The largest absolute Gasteiger partial charge is 0.479 e. The van der Waals surface area contributed by atoms with Crippen molar-refractivity contribution in [3.8, 4) is 5.88 Å². The van der Waals surface area contributed by atoms with Crippen LogP contribution in [0.4, 0.5) is 11.5 Å². The van der Waals surface area contributed by atoms with Crippen LogP contribution < -0.4 is 15.4 Å². The summed E-state index contributed by atoms with van der Waals surface area (Å²) in [5.74, 6) is 2.22. The topological polar surface area (TPSA) is 59.1 Å². The molecule has 16 heavy (non-hydrogen) atoms. The fourth-order valence-corrected chi connectivity index (χ4v) is 2.33. The summed E-state index contributed by atoms with van der Waals surface area (Å²) in [5.41, 5.74) is 0.995. The van der Waals surface area contributed by atoms with Gasteiger partial charge in [-0.3, -0.25) is 0 Å². The molecule has 0 saturated heterocycles. The van der Waals surface area contributed by atoms with Crippen molar-refractivity contribution in [3.63, 3.8) is 0 Å². The number of ether oxygens (including phenoxy) is 1. The number of rotatable bonds is 2. The van der Waals surface area contributed by atoms with E-state index in [2.05, 4.69) is 27.5 Å². The maximum Gasteiger partial charge on any atom is 0.242 e. The van der Waals surface area contributed by atoms with Gasteiger partial charge in [-0.25, -0.2) is 4.98 Å². The number of fused-ring (bicyclic) bond motifs is 1. The third-order valence-corrected chi connectivity index (χ3v) is 3.52. The van der Waals surface area contributed by atoms with Crippen LogP contribution in [0, 0.1) is 5.92 Å². The number of nitrogens with one attached hydrogen (secondary N) is 2. The fourth-order valence-electron chi connectivity index (χ4n) is 2.33. The second-order valence-electron chi connectivity index (χ2n) is 4.78. The normalized spacial score (nSPS) is 27.6. The van der Waals surface area contributed by atoms with E-state index in [0.717, 1.165) is 24.0 Å². The summed E-state index contributed by atoms with van der Waals surface area (Å²) in [4.78, 5) is 8.35. The predicted octanol–water partition coefficient (Wildman–Crippen LogP) is 1.49. The van der Waals surface area contributed by atoms with Crippen LogP contribution in [-0.2, 0) is 0 Å². The van der Waals surface area contributed by atoms with E-state index in [-0.39, 0.29) is 5.54 Å². The molecule has 0 bridgehead atoms. The molecule has 2 heterocycles. The smallest absolute Gasteiger partial charge is 0.242 e. The van der Waals surface area contributed by atoms with Gasteiger partial charge in [-0.2, -0.15) is 4.98 Å². The molecule has 1 saturated carbocycles. The van der Waals surface area contributed by atoms with Crippen LogP contribution >= 0.6 is 0 Å². The van der Waals surface area contributed by atoms with Gasteiger partial charge in [0.05, 0.1) is 12.6 Å². The van der Waals surface area contributed by atoms with Gasteiger partial charge < -0.3 is 15.4 Å². The van der Waals surface area contributed by atoms with Gasteiger partial charge in [0.2, 0.25) is 5.88 Å². The second kappa shape index (κ2) is 3.23. The van der Waals surface area contributed by atoms with Crippen LogP contribution in [0.2, 0.25) is 0 Å². The molecule has 5 heteroatoms. The first-order chi connectivity index (χ1) is 7.73. The molecule has 5 nitrogen and oxygen atoms in total. The molecule has 1 aliphatic carbocycles. The lowest BCUT2D eigenvalue weighted by Crippen LogP contribution is -2.47. The quantitative estimate of drug-likeness (QED) is 0.790. The minimum Gasteiger partial charge on any atom is -0.479 e. The van der Waals surface area contributed by atoms with Gasteiger partial charge in [-0.1, -0.05) is 0 Å². The molecule has 1 atom stereocenters. The third-order valence-electron chi connectivity index (χ3n) is 3.52. The maximum absolute atomic E-state index is 5.20. The minimum atomic E-state index is 0.117. The number of nitrogens with zero attached hydrogens (tertiary/aromatic N) is 2. The average Bonchev–Trinajstić information content (AvgIpc) is 3.12. The Labute approximate surface area is 94.6 Å². The molecule has 1 aromatic heterocycles. The van der Waals surface area contributed by atoms with Crippen molar-refractivity contribution < 1.29 is 4.74 Å². The summed E-state index contributed by atoms with van der Waals surface area (Å²) >= 11 is 0. The number of hydrogen-bond donors (Lipinski definition) is 2. The average molecular weight is 220 g/mol. The highest BCUT2D eigenvalue weighted by atomic mass is 16.5. The molecule has 3 rings (SSSR count). The van der Waals surface area contributed by atoms with Crippen molar-refractivity contribution in [1.82, 2.24) is 9.97 Å². The van der Waals surface area contributed by atoms with Gasteiger partial charge in [-0.05, 0) is 25.7 Å². The molecular formula is C11H16N4O.